The second kappa shape index (κ2) is 10.1. The van der Waals surface area contributed by atoms with Crippen LogP contribution in [0.1, 0.15) is 117 Å². The molecule has 0 radical (unpaired) electrons. The van der Waals surface area contributed by atoms with Gasteiger partial charge in [-0.15, -0.1) is 0 Å². The van der Waals surface area contributed by atoms with Gasteiger partial charge in [0, 0.05) is 0 Å². The van der Waals surface area contributed by atoms with Crippen molar-refractivity contribution in [3.63, 3.8) is 0 Å². The maximum atomic E-state index is 6.49. The zero-order chi connectivity index (χ0) is 21.2. The Bertz CT molecular complexity index is 602. The molecule has 0 unspecified atom stereocenters. The average molecular weight is 452 g/mol. The van der Waals surface area contributed by atoms with Crippen LogP contribution in [0.3, 0.4) is 0 Å². The summed E-state index contributed by atoms with van der Waals surface area (Å²) in [4.78, 5) is 0.696. The monoisotopic (exact) mass is 452 g/mol. The molecule has 0 N–H and O–H groups in total. The number of hydrogen-bond acceptors (Lipinski definition) is 1. The topological polar surface area (TPSA) is 9.23 Å². The van der Waals surface area contributed by atoms with Gasteiger partial charge in [-0.05, 0) is 0 Å². The summed E-state index contributed by atoms with van der Waals surface area (Å²) < 4.78 is 8.17. The van der Waals surface area contributed by atoms with E-state index in [4.69, 9.17) is 4.74 Å². The zero-order valence-corrected chi connectivity index (χ0v) is 21.7. The second-order valence-corrected chi connectivity index (χ2v) is 12.8. The van der Waals surface area contributed by atoms with Crippen molar-refractivity contribution in [3.8, 4) is 0 Å². The Labute approximate surface area is 181 Å². The Balaban J connectivity index is 2.44. The molecule has 0 amide bonds. The first-order valence-electron chi connectivity index (χ1n) is 11.5. The van der Waals surface area contributed by atoms with Crippen molar-refractivity contribution in [1.29, 1.82) is 0 Å². The van der Waals surface area contributed by atoms with Crippen LogP contribution in [0.25, 0.3) is 0 Å². The third-order valence-electron chi connectivity index (χ3n) is 6.38. The Kier molecular flexibility index (Phi) is 8.68. The molecule has 1 saturated heterocycles. The minimum atomic E-state index is 0.393. The molecular formula is C26H44OSe. The van der Waals surface area contributed by atoms with E-state index in [9.17, 15) is 0 Å². The van der Waals surface area contributed by atoms with Gasteiger partial charge in [-0.3, -0.25) is 0 Å². The molecule has 0 bridgehead atoms. The molecule has 0 aromatic heterocycles. The zero-order valence-electron chi connectivity index (χ0n) is 20.0. The van der Waals surface area contributed by atoms with Crippen LogP contribution in [0.5, 0.6) is 0 Å². The molecule has 1 aliphatic heterocycles. The molecule has 4 atom stereocenters. The van der Waals surface area contributed by atoms with Gasteiger partial charge in [-0.2, -0.15) is 0 Å². The molecule has 1 heterocycles. The Morgan fingerprint density at radius 2 is 1.39 bits per heavy atom. The maximum absolute atomic E-state index is 6.49. The van der Waals surface area contributed by atoms with Gasteiger partial charge in [0.15, 0.2) is 0 Å². The predicted octanol–water partition coefficient (Wildman–Crippen LogP) is 7.03. The fourth-order valence-electron chi connectivity index (χ4n) is 4.16. The van der Waals surface area contributed by atoms with Gasteiger partial charge in [0.25, 0.3) is 0 Å². The quantitative estimate of drug-likeness (QED) is 0.385. The van der Waals surface area contributed by atoms with E-state index in [0.717, 1.165) is 5.92 Å². The van der Waals surface area contributed by atoms with Gasteiger partial charge in [0.1, 0.15) is 0 Å². The summed E-state index contributed by atoms with van der Waals surface area (Å²) in [7, 11) is 0. The van der Waals surface area contributed by atoms with Crippen LogP contribution in [0, 0.1) is 11.8 Å². The van der Waals surface area contributed by atoms with Gasteiger partial charge >= 0.3 is 182 Å². The third-order valence-corrected chi connectivity index (χ3v) is 9.97. The van der Waals surface area contributed by atoms with Crippen LogP contribution in [-0.4, -0.2) is 27.2 Å². The van der Waals surface area contributed by atoms with Crippen LogP contribution >= 0.6 is 0 Å². The minimum absolute atomic E-state index is 0.393. The molecule has 1 aliphatic rings. The van der Waals surface area contributed by atoms with Crippen LogP contribution in [0.15, 0.2) is 12.1 Å². The fourth-order valence-corrected chi connectivity index (χ4v) is 8.19. The molecule has 28 heavy (non-hydrogen) atoms. The molecule has 1 nitrogen and oxygen atoms in total. The molecular weight excluding hydrogens is 407 g/mol. The normalized spacial score (nSPS) is 25.6. The summed E-state index contributed by atoms with van der Waals surface area (Å²) in [6.45, 7) is 23.5. The van der Waals surface area contributed by atoms with E-state index in [1.54, 1.807) is 15.6 Å². The molecule has 160 valence electrons. The number of hydrogen-bond donors (Lipinski definition) is 0. The van der Waals surface area contributed by atoms with Crippen molar-refractivity contribution in [2.24, 2.45) is 11.8 Å². The van der Waals surface area contributed by atoms with E-state index >= 15 is 0 Å². The van der Waals surface area contributed by atoms with Crippen LogP contribution in [0.4, 0.5) is 0 Å². The first-order valence-corrected chi connectivity index (χ1v) is 13.4. The van der Waals surface area contributed by atoms with E-state index in [-0.39, 0.29) is 0 Å². The van der Waals surface area contributed by atoms with Crippen molar-refractivity contribution in [3.05, 3.63) is 28.8 Å². The first-order chi connectivity index (χ1) is 13.0. The van der Waals surface area contributed by atoms with Crippen LogP contribution in [0.2, 0.25) is 4.82 Å². The molecule has 1 aromatic carbocycles. The summed E-state index contributed by atoms with van der Waals surface area (Å²) in [6, 6.07) is 5.04. The van der Waals surface area contributed by atoms with Crippen LogP contribution < -0.4 is 4.46 Å². The molecule has 2 rings (SSSR count). The summed E-state index contributed by atoms with van der Waals surface area (Å²) >= 11 is 0.459. The van der Waals surface area contributed by atoms with E-state index in [1.807, 2.05) is 0 Å². The van der Waals surface area contributed by atoms with E-state index in [0.29, 0.717) is 55.7 Å². The first kappa shape index (κ1) is 24.0. The SMILES string of the molecule is CC(C)CC[C@H]1O[C@@H](C)[C@@H](C)[C@@H]1[Se]c1c(C(C)C)cc(C(C)C)cc1C(C)C. The molecule has 0 spiro atoms. The van der Waals surface area contributed by atoms with Crippen molar-refractivity contribution in [2.45, 2.75) is 117 Å². The van der Waals surface area contributed by atoms with Gasteiger partial charge in [-0.1, -0.05) is 0 Å². The van der Waals surface area contributed by atoms with Gasteiger partial charge < -0.3 is 0 Å². The van der Waals surface area contributed by atoms with Crippen molar-refractivity contribution >= 4 is 19.4 Å². The Morgan fingerprint density at radius 1 is 0.857 bits per heavy atom. The van der Waals surface area contributed by atoms with E-state index < -0.39 is 0 Å². The number of rotatable bonds is 8. The van der Waals surface area contributed by atoms with E-state index in [2.05, 4.69) is 81.4 Å². The van der Waals surface area contributed by atoms with Crippen molar-refractivity contribution in [2.75, 3.05) is 0 Å². The number of benzene rings is 1. The summed E-state index contributed by atoms with van der Waals surface area (Å²) in [5.41, 5.74) is 4.71. The van der Waals surface area contributed by atoms with Crippen molar-refractivity contribution < 1.29 is 4.74 Å². The summed E-state index contributed by atoms with van der Waals surface area (Å²) in [5, 5.41) is 0. The Hall–Kier alpha value is -0.301. The standard InChI is InChI=1S/C26H44OSe/c1-15(2)11-12-24-25(19(9)20(10)27-24)28-26-22(17(5)6)13-21(16(3)4)14-23(26)18(7)8/h13-20,24-25H,11-12H2,1-10H3/t19-,20+,24-,25+/m1/s1. The molecule has 0 aliphatic carbocycles. The molecule has 2 heteroatoms. The predicted molar refractivity (Wildman–Crippen MR) is 125 cm³/mol. The molecule has 1 fully saturated rings. The van der Waals surface area contributed by atoms with Gasteiger partial charge in [0.05, 0.1) is 0 Å². The van der Waals surface area contributed by atoms with E-state index in [1.165, 1.54) is 18.4 Å². The fraction of sp³-hybridized carbons (Fsp3) is 0.769. The van der Waals surface area contributed by atoms with Gasteiger partial charge in [-0.25, -0.2) is 0 Å². The third kappa shape index (κ3) is 5.65. The summed E-state index contributed by atoms with van der Waals surface area (Å²) in [6.07, 6.45) is 3.33. The molecule has 1 aromatic rings. The van der Waals surface area contributed by atoms with Gasteiger partial charge in [0.2, 0.25) is 0 Å². The van der Waals surface area contributed by atoms with Crippen molar-refractivity contribution in [1.82, 2.24) is 0 Å². The van der Waals surface area contributed by atoms with Crippen LogP contribution in [-0.2, 0) is 4.74 Å². The number of ether oxygens (including phenoxy) is 1. The Morgan fingerprint density at radius 3 is 1.82 bits per heavy atom. The average Bonchev–Trinajstić information content (AvgIpc) is 2.87. The summed E-state index contributed by atoms with van der Waals surface area (Å²) in [5.74, 6) is 3.16. The molecule has 0 saturated carbocycles. The second-order valence-electron chi connectivity index (χ2n) is 10.3.